The molecule has 0 atom stereocenters. The van der Waals surface area contributed by atoms with E-state index < -0.39 is 5.82 Å². The number of hydrogen-bond acceptors (Lipinski definition) is 2. The highest BCUT2D eigenvalue weighted by atomic mass is 32.1. The zero-order chi connectivity index (χ0) is 13.2. The van der Waals surface area contributed by atoms with Crippen molar-refractivity contribution in [2.24, 2.45) is 0 Å². The van der Waals surface area contributed by atoms with E-state index in [1.54, 1.807) is 24.3 Å². The molecule has 3 rings (SSSR count). The van der Waals surface area contributed by atoms with E-state index in [4.69, 9.17) is 4.74 Å². The van der Waals surface area contributed by atoms with Crippen LogP contribution >= 0.6 is 11.3 Å². The van der Waals surface area contributed by atoms with Crippen molar-refractivity contribution in [2.45, 2.75) is 6.61 Å². The number of benzene rings is 2. The van der Waals surface area contributed by atoms with Crippen molar-refractivity contribution < 1.29 is 13.5 Å². The van der Waals surface area contributed by atoms with Gasteiger partial charge in [0.25, 0.3) is 0 Å². The fourth-order valence-electron chi connectivity index (χ4n) is 1.86. The molecule has 0 radical (unpaired) electrons. The van der Waals surface area contributed by atoms with Gasteiger partial charge in [-0.05, 0) is 29.7 Å². The first-order valence-electron chi connectivity index (χ1n) is 5.78. The van der Waals surface area contributed by atoms with Crippen LogP contribution in [0.25, 0.3) is 10.1 Å². The smallest absolute Gasteiger partial charge is 0.165 e. The van der Waals surface area contributed by atoms with Crippen LogP contribution in [0.1, 0.15) is 4.88 Å². The molecule has 0 saturated heterocycles. The summed E-state index contributed by atoms with van der Waals surface area (Å²) in [4.78, 5) is 0.864. The SMILES string of the molecule is Fc1ccccc1OCc1cc2cccc(F)c2s1. The van der Waals surface area contributed by atoms with Gasteiger partial charge in [-0.2, -0.15) is 0 Å². The minimum Gasteiger partial charge on any atom is -0.485 e. The molecule has 4 heteroatoms. The zero-order valence-electron chi connectivity index (χ0n) is 9.90. The van der Waals surface area contributed by atoms with Crippen LogP contribution in [-0.4, -0.2) is 0 Å². The molecule has 3 aromatic rings. The lowest BCUT2D eigenvalue weighted by Gasteiger charge is -2.04. The fraction of sp³-hybridized carbons (Fsp3) is 0.0667. The van der Waals surface area contributed by atoms with Crippen molar-refractivity contribution in [3.63, 3.8) is 0 Å². The first-order chi connectivity index (χ1) is 9.24. The topological polar surface area (TPSA) is 9.23 Å². The molecule has 96 valence electrons. The highest BCUT2D eigenvalue weighted by Crippen LogP contribution is 2.29. The summed E-state index contributed by atoms with van der Waals surface area (Å²) in [5, 5.41) is 0.845. The Hall–Kier alpha value is -1.94. The fourth-order valence-corrected chi connectivity index (χ4v) is 2.84. The van der Waals surface area contributed by atoms with E-state index in [1.807, 2.05) is 12.1 Å². The molecule has 0 spiro atoms. The van der Waals surface area contributed by atoms with Gasteiger partial charge in [-0.3, -0.25) is 0 Å². The summed E-state index contributed by atoms with van der Waals surface area (Å²) in [7, 11) is 0. The number of para-hydroxylation sites is 1. The number of hydrogen-bond donors (Lipinski definition) is 0. The van der Waals surface area contributed by atoms with Gasteiger partial charge in [0.1, 0.15) is 12.4 Å². The molecule has 0 aliphatic rings. The van der Waals surface area contributed by atoms with Crippen LogP contribution < -0.4 is 4.74 Å². The molecule has 0 aliphatic heterocycles. The number of rotatable bonds is 3. The maximum Gasteiger partial charge on any atom is 0.165 e. The summed E-state index contributed by atoms with van der Waals surface area (Å²) in [6.07, 6.45) is 0. The second-order valence-corrected chi connectivity index (χ2v) is 5.23. The Bertz CT molecular complexity index is 721. The van der Waals surface area contributed by atoms with E-state index in [-0.39, 0.29) is 18.2 Å². The summed E-state index contributed by atoms with van der Waals surface area (Å²) in [5.74, 6) is -0.421. The lowest BCUT2D eigenvalue weighted by atomic mass is 10.2. The summed E-state index contributed by atoms with van der Waals surface area (Å²) in [5.41, 5.74) is 0. The standard InChI is InChI=1S/C15H10F2OS/c16-12-5-1-2-7-14(12)18-9-11-8-10-4-3-6-13(17)15(10)19-11/h1-8H,9H2. The van der Waals surface area contributed by atoms with E-state index >= 15 is 0 Å². The van der Waals surface area contributed by atoms with Crippen molar-refractivity contribution in [1.29, 1.82) is 0 Å². The Kier molecular flexibility index (Phi) is 3.17. The van der Waals surface area contributed by atoms with Crippen LogP contribution in [0.5, 0.6) is 5.75 Å². The van der Waals surface area contributed by atoms with E-state index in [9.17, 15) is 8.78 Å². The van der Waals surface area contributed by atoms with Crippen molar-refractivity contribution >= 4 is 21.4 Å². The molecular weight excluding hydrogens is 266 g/mol. The molecule has 0 unspecified atom stereocenters. The molecule has 0 amide bonds. The highest BCUT2D eigenvalue weighted by molar-refractivity contribution is 7.19. The normalized spacial score (nSPS) is 10.8. The third-order valence-electron chi connectivity index (χ3n) is 2.75. The summed E-state index contributed by atoms with van der Waals surface area (Å²) >= 11 is 1.33. The Morgan fingerprint density at radius 1 is 0.947 bits per heavy atom. The maximum absolute atomic E-state index is 13.5. The highest BCUT2D eigenvalue weighted by Gasteiger charge is 2.07. The van der Waals surface area contributed by atoms with E-state index in [0.29, 0.717) is 4.70 Å². The molecule has 0 saturated carbocycles. The van der Waals surface area contributed by atoms with Crippen molar-refractivity contribution in [3.8, 4) is 5.75 Å². The van der Waals surface area contributed by atoms with Gasteiger partial charge >= 0.3 is 0 Å². The molecule has 1 aromatic heterocycles. The predicted molar refractivity (Wildman–Crippen MR) is 72.5 cm³/mol. The molecule has 19 heavy (non-hydrogen) atoms. The van der Waals surface area contributed by atoms with Crippen LogP contribution in [0.3, 0.4) is 0 Å². The Labute approximate surface area is 113 Å². The van der Waals surface area contributed by atoms with Crippen LogP contribution in [0.15, 0.2) is 48.5 Å². The van der Waals surface area contributed by atoms with Crippen molar-refractivity contribution in [1.82, 2.24) is 0 Å². The quantitative estimate of drug-likeness (QED) is 0.670. The molecule has 0 aliphatic carbocycles. The van der Waals surface area contributed by atoms with Crippen LogP contribution in [-0.2, 0) is 6.61 Å². The minimum atomic E-state index is -0.394. The number of fused-ring (bicyclic) bond motifs is 1. The number of halogens is 2. The van der Waals surface area contributed by atoms with Crippen molar-refractivity contribution in [3.05, 3.63) is 65.0 Å². The maximum atomic E-state index is 13.5. The number of ether oxygens (including phenoxy) is 1. The third-order valence-corrected chi connectivity index (χ3v) is 3.89. The monoisotopic (exact) mass is 276 g/mol. The minimum absolute atomic E-state index is 0.209. The van der Waals surface area contributed by atoms with Gasteiger partial charge in [0.2, 0.25) is 0 Å². The average Bonchev–Trinajstić information content (AvgIpc) is 2.82. The van der Waals surface area contributed by atoms with E-state index in [0.717, 1.165) is 10.3 Å². The van der Waals surface area contributed by atoms with Crippen LogP contribution in [0.2, 0.25) is 0 Å². The second kappa shape index (κ2) is 4.97. The second-order valence-electron chi connectivity index (χ2n) is 4.09. The number of thiophene rings is 1. The Balaban J connectivity index is 1.83. The molecule has 1 heterocycles. The van der Waals surface area contributed by atoms with Crippen LogP contribution in [0.4, 0.5) is 8.78 Å². The van der Waals surface area contributed by atoms with Gasteiger partial charge in [-0.1, -0.05) is 24.3 Å². The lowest BCUT2D eigenvalue weighted by molar-refractivity contribution is 0.293. The predicted octanol–water partition coefficient (Wildman–Crippen LogP) is 4.76. The lowest BCUT2D eigenvalue weighted by Crippen LogP contribution is -1.94. The Morgan fingerprint density at radius 3 is 2.53 bits per heavy atom. The van der Waals surface area contributed by atoms with Gasteiger partial charge in [0, 0.05) is 4.88 Å². The first kappa shape index (κ1) is 12.1. The van der Waals surface area contributed by atoms with Gasteiger partial charge in [0.05, 0.1) is 4.70 Å². The van der Waals surface area contributed by atoms with E-state index in [1.165, 1.54) is 23.5 Å². The summed E-state index contributed by atoms with van der Waals surface area (Å²) in [6, 6.07) is 13.1. The molecule has 0 fully saturated rings. The van der Waals surface area contributed by atoms with Crippen LogP contribution in [0, 0.1) is 11.6 Å². The molecule has 0 bridgehead atoms. The Morgan fingerprint density at radius 2 is 1.74 bits per heavy atom. The largest absolute Gasteiger partial charge is 0.485 e. The van der Waals surface area contributed by atoms with Gasteiger partial charge in [-0.25, -0.2) is 8.78 Å². The van der Waals surface area contributed by atoms with Gasteiger partial charge in [0.15, 0.2) is 11.6 Å². The van der Waals surface area contributed by atoms with E-state index in [2.05, 4.69) is 0 Å². The van der Waals surface area contributed by atoms with Gasteiger partial charge < -0.3 is 4.74 Å². The molecule has 0 N–H and O–H groups in total. The third kappa shape index (κ3) is 2.44. The molecule has 1 nitrogen and oxygen atoms in total. The molecule has 2 aromatic carbocycles. The summed E-state index contributed by atoms with van der Waals surface area (Å²) in [6.45, 7) is 0.236. The first-order valence-corrected chi connectivity index (χ1v) is 6.60. The van der Waals surface area contributed by atoms with Gasteiger partial charge in [-0.15, -0.1) is 11.3 Å². The average molecular weight is 276 g/mol. The zero-order valence-corrected chi connectivity index (χ0v) is 10.7. The summed E-state index contributed by atoms with van der Waals surface area (Å²) < 4.78 is 32.9. The van der Waals surface area contributed by atoms with Crippen molar-refractivity contribution in [2.75, 3.05) is 0 Å². The molecular formula is C15H10F2OS.